The molecule has 4 atom stereocenters. The molecular weight excluding hydrogens is 352 g/mol. The molecule has 4 heteroatoms. The van der Waals surface area contributed by atoms with Crippen LogP contribution in [-0.4, -0.2) is 25.2 Å². The summed E-state index contributed by atoms with van der Waals surface area (Å²) in [6, 6.07) is 6.82. The molecule has 1 fully saturated rings. The van der Waals surface area contributed by atoms with Crippen LogP contribution in [0.15, 0.2) is 18.2 Å². The van der Waals surface area contributed by atoms with Gasteiger partial charge in [-0.3, -0.25) is 9.59 Å². The van der Waals surface area contributed by atoms with Gasteiger partial charge in [0.05, 0.1) is 13.5 Å². The van der Waals surface area contributed by atoms with Gasteiger partial charge in [-0.15, -0.1) is 0 Å². The average molecular weight is 387 g/mol. The maximum absolute atomic E-state index is 12.2. The number of ether oxygens (including phenoxy) is 2. The van der Waals surface area contributed by atoms with E-state index in [0.717, 1.165) is 19.3 Å². The summed E-state index contributed by atoms with van der Waals surface area (Å²) in [5.41, 5.74) is 3.59. The fourth-order valence-electron chi connectivity index (χ4n) is 6.06. The van der Waals surface area contributed by atoms with Gasteiger partial charge in [0.2, 0.25) is 0 Å². The van der Waals surface area contributed by atoms with Crippen LogP contribution >= 0.6 is 0 Å². The molecule has 0 heterocycles. The molecule has 0 N–H and O–H groups in total. The van der Waals surface area contributed by atoms with Gasteiger partial charge in [0.25, 0.3) is 0 Å². The Balaban J connectivity index is 2.12. The zero-order valence-electron chi connectivity index (χ0n) is 18.1. The van der Waals surface area contributed by atoms with Crippen LogP contribution in [0.4, 0.5) is 0 Å². The third kappa shape index (κ3) is 3.58. The van der Waals surface area contributed by atoms with Crippen LogP contribution in [0.5, 0.6) is 0 Å². The summed E-state index contributed by atoms with van der Waals surface area (Å²) >= 11 is 0. The smallest absolute Gasteiger partial charge is 0.306 e. The highest BCUT2D eigenvalue weighted by atomic mass is 16.5. The van der Waals surface area contributed by atoms with E-state index in [4.69, 9.17) is 9.47 Å². The summed E-state index contributed by atoms with van der Waals surface area (Å²) in [4.78, 5) is 24.2. The third-order valence-electron chi connectivity index (χ3n) is 7.18. The van der Waals surface area contributed by atoms with Crippen LogP contribution in [0.2, 0.25) is 0 Å². The summed E-state index contributed by atoms with van der Waals surface area (Å²) in [6.07, 6.45) is 3.90. The van der Waals surface area contributed by atoms with Crippen LogP contribution in [0.1, 0.15) is 82.9 Å². The maximum Gasteiger partial charge on any atom is 0.306 e. The highest BCUT2D eigenvalue weighted by Crippen LogP contribution is 2.59. The number of esters is 2. The lowest BCUT2D eigenvalue weighted by molar-refractivity contribution is -0.162. The molecule has 0 aromatic heterocycles. The van der Waals surface area contributed by atoms with Crippen molar-refractivity contribution >= 4 is 11.9 Å². The number of rotatable bonds is 4. The predicted molar refractivity (Wildman–Crippen MR) is 109 cm³/mol. The lowest BCUT2D eigenvalue weighted by atomic mass is 9.48. The summed E-state index contributed by atoms with van der Waals surface area (Å²) < 4.78 is 10.9. The molecule has 0 aliphatic heterocycles. The number of fused-ring (bicyclic) bond motifs is 3. The molecule has 2 aliphatic rings. The molecule has 0 bridgehead atoms. The summed E-state index contributed by atoms with van der Waals surface area (Å²) in [6.45, 7) is 10.4. The molecule has 0 saturated heterocycles. The molecule has 1 saturated carbocycles. The van der Waals surface area contributed by atoms with Crippen molar-refractivity contribution in [3.05, 3.63) is 34.9 Å². The van der Waals surface area contributed by atoms with Gasteiger partial charge >= 0.3 is 11.9 Å². The number of carbonyl (C=O) groups is 2. The van der Waals surface area contributed by atoms with Crippen molar-refractivity contribution in [2.75, 3.05) is 7.11 Å². The van der Waals surface area contributed by atoms with E-state index in [9.17, 15) is 9.59 Å². The molecule has 0 radical (unpaired) electrons. The maximum atomic E-state index is 12.2. The highest BCUT2D eigenvalue weighted by molar-refractivity contribution is 5.70. The minimum absolute atomic E-state index is 0.0918. The Hall–Kier alpha value is -1.84. The van der Waals surface area contributed by atoms with Gasteiger partial charge in [-0.05, 0) is 46.3 Å². The molecular formula is C24H34O4. The number of hydrogen-bond acceptors (Lipinski definition) is 4. The Bertz CT molecular complexity index is 768. The normalized spacial score (nSPS) is 31.7. The van der Waals surface area contributed by atoms with Gasteiger partial charge < -0.3 is 9.47 Å². The van der Waals surface area contributed by atoms with E-state index in [1.165, 1.54) is 30.7 Å². The van der Waals surface area contributed by atoms with E-state index < -0.39 is 0 Å². The van der Waals surface area contributed by atoms with Crippen molar-refractivity contribution in [3.63, 3.8) is 0 Å². The van der Waals surface area contributed by atoms with Crippen LogP contribution in [0, 0.1) is 11.3 Å². The first-order valence-electron chi connectivity index (χ1n) is 10.5. The quantitative estimate of drug-likeness (QED) is 0.689. The van der Waals surface area contributed by atoms with E-state index in [-0.39, 0.29) is 34.8 Å². The van der Waals surface area contributed by atoms with Crippen molar-refractivity contribution in [2.24, 2.45) is 11.3 Å². The van der Waals surface area contributed by atoms with Gasteiger partial charge in [-0.25, -0.2) is 0 Å². The number of benzene rings is 1. The molecule has 1 aromatic carbocycles. The van der Waals surface area contributed by atoms with Crippen molar-refractivity contribution in [3.8, 4) is 0 Å². The molecule has 2 aliphatic carbocycles. The van der Waals surface area contributed by atoms with Crippen LogP contribution in [0.3, 0.4) is 0 Å². The summed E-state index contributed by atoms with van der Waals surface area (Å²) in [5.74, 6) is 0.115. The zero-order chi connectivity index (χ0) is 20.7. The fourth-order valence-corrected chi connectivity index (χ4v) is 6.06. The van der Waals surface area contributed by atoms with E-state index >= 15 is 0 Å². The Morgan fingerprint density at radius 2 is 1.93 bits per heavy atom. The van der Waals surface area contributed by atoms with E-state index in [1.807, 2.05) is 0 Å². The van der Waals surface area contributed by atoms with E-state index in [2.05, 4.69) is 45.9 Å². The topological polar surface area (TPSA) is 52.6 Å². The molecule has 3 rings (SSSR count). The van der Waals surface area contributed by atoms with Crippen molar-refractivity contribution in [2.45, 2.75) is 84.2 Å². The number of hydrogen-bond donors (Lipinski definition) is 0. The average Bonchev–Trinajstić information content (AvgIpc) is 2.60. The van der Waals surface area contributed by atoms with Gasteiger partial charge in [-0.2, -0.15) is 0 Å². The lowest BCUT2D eigenvalue weighted by Gasteiger charge is -2.57. The highest BCUT2D eigenvalue weighted by Gasteiger charge is 2.57. The first kappa shape index (κ1) is 20.9. The van der Waals surface area contributed by atoms with Gasteiger partial charge in [0.1, 0.15) is 6.10 Å². The van der Waals surface area contributed by atoms with Gasteiger partial charge in [0, 0.05) is 19.3 Å². The second-order valence-corrected chi connectivity index (χ2v) is 9.58. The van der Waals surface area contributed by atoms with Crippen molar-refractivity contribution < 1.29 is 19.1 Å². The lowest BCUT2D eigenvalue weighted by Crippen LogP contribution is -2.57. The third-order valence-corrected chi connectivity index (χ3v) is 7.18. The molecule has 0 unspecified atom stereocenters. The van der Waals surface area contributed by atoms with Gasteiger partial charge in [0.15, 0.2) is 0 Å². The van der Waals surface area contributed by atoms with Crippen molar-refractivity contribution in [1.29, 1.82) is 0 Å². The SMILES string of the molecule is COC(=O)C[C@]1(C)CCC[C@]2(C)c3ccc(C(C)C)cc3C[C@H](OC(C)=O)[C@@H]12. The standard InChI is InChI=1S/C24H34O4/c1-15(2)17-8-9-19-18(12-17)13-20(28-16(3)25)22-23(4,14-21(26)27-6)10-7-11-24(19,22)5/h8-9,12,15,20,22H,7,10-11,13-14H2,1-6H3/t20-,22-,23-,24+/m0/s1. The summed E-state index contributed by atoms with van der Waals surface area (Å²) in [7, 11) is 1.45. The molecule has 28 heavy (non-hydrogen) atoms. The predicted octanol–water partition coefficient (Wildman–Crippen LogP) is 4.93. The fraction of sp³-hybridized carbons (Fsp3) is 0.667. The Labute approximate surface area is 169 Å². The van der Waals surface area contributed by atoms with Crippen molar-refractivity contribution in [1.82, 2.24) is 0 Å². The number of carbonyl (C=O) groups excluding carboxylic acids is 2. The number of methoxy groups -OCH3 is 1. The Morgan fingerprint density at radius 3 is 2.54 bits per heavy atom. The Kier molecular flexibility index (Phi) is 5.62. The summed E-state index contributed by atoms with van der Waals surface area (Å²) in [5, 5.41) is 0. The van der Waals surface area contributed by atoms with E-state index in [0.29, 0.717) is 18.8 Å². The van der Waals surface area contributed by atoms with Gasteiger partial charge in [-0.1, -0.05) is 52.3 Å². The Morgan fingerprint density at radius 1 is 1.21 bits per heavy atom. The van der Waals surface area contributed by atoms with Crippen LogP contribution in [0.25, 0.3) is 0 Å². The second-order valence-electron chi connectivity index (χ2n) is 9.58. The first-order valence-corrected chi connectivity index (χ1v) is 10.5. The minimum Gasteiger partial charge on any atom is -0.469 e. The van der Waals surface area contributed by atoms with Crippen LogP contribution in [-0.2, 0) is 30.9 Å². The van der Waals surface area contributed by atoms with Crippen LogP contribution < -0.4 is 0 Å². The minimum atomic E-state index is -0.255. The van der Waals surface area contributed by atoms with E-state index in [1.54, 1.807) is 0 Å². The first-order chi connectivity index (χ1) is 13.1. The zero-order valence-corrected chi connectivity index (χ0v) is 18.1. The molecule has 4 nitrogen and oxygen atoms in total. The molecule has 1 aromatic rings. The molecule has 0 amide bonds. The second kappa shape index (κ2) is 7.53. The monoisotopic (exact) mass is 386 g/mol. The largest absolute Gasteiger partial charge is 0.469 e. The molecule has 154 valence electrons. The molecule has 0 spiro atoms.